The SMILES string of the molecule is Cc1c(-c2cccc[n+]2C)cc(C(F)(F)F)cc1-c1n(-c2ccccc2)cc[n+]1C. The number of aromatic nitrogens is 3. The average Bonchev–Trinajstić information content (AvgIpc) is 3.10. The number of hydrogen-bond acceptors (Lipinski definition) is 0. The highest BCUT2D eigenvalue weighted by atomic mass is 19.4. The van der Waals surface area contributed by atoms with Gasteiger partial charge in [-0.05, 0) is 42.8 Å². The first-order valence-corrected chi connectivity index (χ1v) is 9.57. The largest absolute Gasteiger partial charge is 0.416 e. The predicted octanol–water partition coefficient (Wildman–Crippen LogP) is 4.79. The van der Waals surface area contributed by atoms with Gasteiger partial charge in [0.2, 0.25) is 5.69 Å². The van der Waals surface area contributed by atoms with Crippen LogP contribution in [0.5, 0.6) is 0 Å². The number of imidazole rings is 1. The number of aryl methyl sites for hydroxylation is 2. The van der Waals surface area contributed by atoms with Crippen molar-refractivity contribution in [3.8, 4) is 28.3 Å². The van der Waals surface area contributed by atoms with E-state index in [4.69, 9.17) is 0 Å². The van der Waals surface area contributed by atoms with E-state index in [-0.39, 0.29) is 0 Å². The zero-order valence-electron chi connectivity index (χ0n) is 17.0. The summed E-state index contributed by atoms with van der Waals surface area (Å²) in [5, 5.41) is 0. The standard InChI is InChI=1S/C24H22F3N3/c1-17-20(22-11-7-8-12-28(22)2)15-18(24(25,26)27)16-21(17)23-29(3)13-14-30(23)19-9-5-4-6-10-19/h4-16H,1-3H3/q+2. The van der Waals surface area contributed by atoms with Crippen LogP contribution >= 0.6 is 0 Å². The number of nitrogens with zero attached hydrogens (tertiary/aromatic N) is 3. The Labute approximate surface area is 173 Å². The minimum atomic E-state index is -4.45. The molecule has 4 aromatic rings. The molecule has 6 heteroatoms. The van der Waals surface area contributed by atoms with E-state index < -0.39 is 11.7 Å². The van der Waals surface area contributed by atoms with Crippen molar-refractivity contribution in [2.45, 2.75) is 13.1 Å². The molecule has 4 rings (SSSR count). The maximum absolute atomic E-state index is 13.8. The summed E-state index contributed by atoms with van der Waals surface area (Å²) in [5.41, 5.74) is 2.84. The molecule has 0 atom stereocenters. The van der Waals surface area contributed by atoms with Gasteiger partial charge in [0.1, 0.15) is 25.1 Å². The van der Waals surface area contributed by atoms with Crippen molar-refractivity contribution in [2.75, 3.05) is 0 Å². The van der Waals surface area contributed by atoms with Crippen LogP contribution in [0.2, 0.25) is 0 Å². The van der Waals surface area contributed by atoms with Gasteiger partial charge in [-0.3, -0.25) is 0 Å². The lowest BCUT2D eigenvalue weighted by Gasteiger charge is -2.14. The number of halogens is 3. The molecule has 0 unspecified atom stereocenters. The van der Waals surface area contributed by atoms with Crippen molar-refractivity contribution >= 4 is 0 Å². The Bertz CT molecular complexity index is 1210. The average molecular weight is 409 g/mol. The van der Waals surface area contributed by atoms with Crippen LogP contribution in [0.4, 0.5) is 13.2 Å². The molecule has 0 bridgehead atoms. The molecule has 0 aliphatic carbocycles. The molecule has 0 radical (unpaired) electrons. The first kappa shape index (κ1) is 19.9. The summed E-state index contributed by atoms with van der Waals surface area (Å²) in [6.07, 6.45) is 1.10. The van der Waals surface area contributed by atoms with Crippen molar-refractivity contribution in [3.05, 3.63) is 90.4 Å². The smallest absolute Gasteiger partial charge is 0.232 e. The molecule has 30 heavy (non-hydrogen) atoms. The van der Waals surface area contributed by atoms with E-state index in [0.29, 0.717) is 17.0 Å². The van der Waals surface area contributed by atoms with Gasteiger partial charge in [0.25, 0.3) is 5.82 Å². The molecular weight excluding hydrogens is 387 g/mol. The Balaban J connectivity index is 2.04. The van der Waals surface area contributed by atoms with E-state index in [1.165, 1.54) is 12.1 Å². The Hall–Kier alpha value is -3.41. The quantitative estimate of drug-likeness (QED) is 0.432. The van der Waals surface area contributed by atoms with E-state index in [2.05, 4.69) is 0 Å². The van der Waals surface area contributed by atoms with Gasteiger partial charge in [-0.15, -0.1) is 0 Å². The van der Waals surface area contributed by atoms with Gasteiger partial charge < -0.3 is 0 Å². The van der Waals surface area contributed by atoms with Gasteiger partial charge >= 0.3 is 6.18 Å². The van der Waals surface area contributed by atoms with Gasteiger partial charge in [0.15, 0.2) is 6.20 Å². The summed E-state index contributed by atoms with van der Waals surface area (Å²) >= 11 is 0. The zero-order valence-corrected chi connectivity index (χ0v) is 17.0. The maximum atomic E-state index is 13.8. The second-order valence-corrected chi connectivity index (χ2v) is 7.33. The lowest BCUT2D eigenvalue weighted by Crippen LogP contribution is -2.31. The highest BCUT2D eigenvalue weighted by Crippen LogP contribution is 2.38. The third-order valence-corrected chi connectivity index (χ3v) is 5.34. The molecule has 152 valence electrons. The van der Waals surface area contributed by atoms with Crippen LogP contribution in [0.3, 0.4) is 0 Å². The van der Waals surface area contributed by atoms with E-state index >= 15 is 0 Å². The molecule has 0 aliphatic rings. The van der Waals surface area contributed by atoms with E-state index in [1.807, 2.05) is 102 Å². The molecular formula is C24H22F3N3+2. The number of alkyl halides is 3. The number of benzene rings is 2. The normalized spacial score (nSPS) is 11.7. The molecule has 0 spiro atoms. The van der Waals surface area contributed by atoms with Gasteiger partial charge in [-0.1, -0.05) is 18.2 Å². The molecule has 0 fully saturated rings. The molecule has 3 nitrogen and oxygen atoms in total. The van der Waals surface area contributed by atoms with Crippen molar-refractivity contribution in [2.24, 2.45) is 14.1 Å². The zero-order chi connectivity index (χ0) is 21.5. The lowest BCUT2D eigenvalue weighted by atomic mass is 9.95. The summed E-state index contributed by atoms with van der Waals surface area (Å²) in [6.45, 7) is 1.88. The summed E-state index contributed by atoms with van der Waals surface area (Å²) in [7, 11) is 3.68. The molecule has 0 aliphatic heterocycles. The van der Waals surface area contributed by atoms with Gasteiger partial charge in [-0.2, -0.15) is 17.7 Å². The third kappa shape index (κ3) is 3.49. The minimum absolute atomic E-state index is 0.542. The number of rotatable bonds is 3. The monoisotopic (exact) mass is 409 g/mol. The lowest BCUT2D eigenvalue weighted by molar-refractivity contribution is -0.660. The Morgan fingerprint density at radius 2 is 1.47 bits per heavy atom. The van der Waals surface area contributed by atoms with Crippen LogP contribution in [0.15, 0.2) is 79.3 Å². The fourth-order valence-corrected chi connectivity index (χ4v) is 3.77. The molecule has 2 aromatic heterocycles. The first-order valence-electron chi connectivity index (χ1n) is 9.57. The predicted molar refractivity (Wildman–Crippen MR) is 109 cm³/mol. The number of hydrogen-bond donors (Lipinski definition) is 0. The molecule has 2 heterocycles. The highest BCUT2D eigenvalue weighted by molar-refractivity contribution is 5.74. The van der Waals surface area contributed by atoms with Crippen molar-refractivity contribution in [1.82, 2.24) is 4.57 Å². The van der Waals surface area contributed by atoms with E-state index in [9.17, 15) is 13.2 Å². The van der Waals surface area contributed by atoms with Crippen LogP contribution in [0.1, 0.15) is 11.1 Å². The van der Waals surface area contributed by atoms with Crippen molar-refractivity contribution in [3.63, 3.8) is 0 Å². The van der Waals surface area contributed by atoms with Crippen molar-refractivity contribution < 1.29 is 22.3 Å². The number of pyridine rings is 1. The molecule has 2 aromatic carbocycles. The van der Waals surface area contributed by atoms with Crippen LogP contribution < -0.4 is 9.13 Å². The maximum Gasteiger partial charge on any atom is 0.416 e. The summed E-state index contributed by atoms with van der Waals surface area (Å²) in [5.74, 6) is 0.685. The third-order valence-electron chi connectivity index (χ3n) is 5.34. The van der Waals surface area contributed by atoms with Gasteiger partial charge in [0, 0.05) is 12.1 Å². The summed E-state index contributed by atoms with van der Waals surface area (Å²) in [4.78, 5) is 0. The fourth-order valence-electron chi connectivity index (χ4n) is 3.77. The number of para-hydroxylation sites is 1. The van der Waals surface area contributed by atoms with Crippen LogP contribution in [-0.2, 0) is 20.3 Å². The Morgan fingerprint density at radius 3 is 2.13 bits per heavy atom. The summed E-state index contributed by atoms with van der Waals surface area (Å²) < 4.78 is 47.1. The minimum Gasteiger partial charge on any atom is -0.232 e. The van der Waals surface area contributed by atoms with Crippen LogP contribution in [0, 0.1) is 6.92 Å². The highest BCUT2D eigenvalue weighted by Gasteiger charge is 2.35. The fraction of sp³-hybridized carbons (Fsp3) is 0.167. The first-order chi connectivity index (χ1) is 14.3. The second-order valence-electron chi connectivity index (χ2n) is 7.33. The molecule has 0 N–H and O–H groups in total. The van der Waals surface area contributed by atoms with E-state index in [1.54, 1.807) is 0 Å². The van der Waals surface area contributed by atoms with Gasteiger partial charge in [0.05, 0.1) is 23.7 Å². The topological polar surface area (TPSA) is 12.7 Å². The molecule has 0 saturated heterocycles. The van der Waals surface area contributed by atoms with Crippen LogP contribution in [-0.4, -0.2) is 4.57 Å². The Morgan fingerprint density at radius 1 is 0.800 bits per heavy atom. The molecule has 0 amide bonds. The molecule has 0 saturated carbocycles. The summed E-state index contributed by atoms with van der Waals surface area (Å²) in [6, 6.07) is 17.6. The van der Waals surface area contributed by atoms with Crippen molar-refractivity contribution in [1.29, 1.82) is 0 Å². The van der Waals surface area contributed by atoms with E-state index in [0.717, 1.165) is 16.9 Å². The second kappa shape index (κ2) is 7.44. The van der Waals surface area contributed by atoms with Crippen LogP contribution in [0.25, 0.3) is 28.3 Å². The Kier molecular flexibility index (Phi) is 4.94. The van der Waals surface area contributed by atoms with Gasteiger partial charge in [-0.25, -0.2) is 9.13 Å².